The van der Waals surface area contributed by atoms with E-state index < -0.39 is 0 Å². The summed E-state index contributed by atoms with van der Waals surface area (Å²) in [5, 5.41) is 4.26. The maximum absolute atomic E-state index is 14.2. The zero-order valence-electron chi connectivity index (χ0n) is 16.0. The predicted molar refractivity (Wildman–Crippen MR) is 118 cm³/mol. The first-order valence-corrected chi connectivity index (χ1v) is 9.94. The number of thiocarbonyl (C=S) groups is 1. The van der Waals surface area contributed by atoms with Crippen LogP contribution in [0, 0.1) is 5.82 Å². The minimum Gasteiger partial charge on any atom is -0.495 e. The number of hydrogen-bond acceptors (Lipinski definition) is 3. The molecular formula is C21H22ClFN4OS. The lowest BCUT2D eigenvalue weighted by atomic mass is 10.2. The van der Waals surface area contributed by atoms with E-state index >= 15 is 0 Å². The van der Waals surface area contributed by atoms with Gasteiger partial charge in [0.15, 0.2) is 5.11 Å². The first kappa shape index (κ1) is 21.1. The lowest BCUT2D eigenvalue weighted by Gasteiger charge is -2.27. The lowest BCUT2D eigenvalue weighted by molar-refractivity contribution is 0.387. The van der Waals surface area contributed by atoms with Crippen molar-refractivity contribution >= 4 is 34.6 Å². The Labute approximate surface area is 180 Å². The second-order valence-electron chi connectivity index (χ2n) is 6.44. The molecule has 3 aromatic rings. The van der Waals surface area contributed by atoms with Gasteiger partial charge < -0.3 is 19.5 Å². The fourth-order valence-corrected chi connectivity index (χ4v) is 3.34. The van der Waals surface area contributed by atoms with Gasteiger partial charge >= 0.3 is 0 Å². The Kier molecular flexibility index (Phi) is 7.43. The molecular weight excluding hydrogens is 411 g/mol. The normalized spacial score (nSPS) is 10.6. The summed E-state index contributed by atoms with van der Waals surface area (Å²) in [6, 6.07) is 12.0. The van der Waals surface area contributed by atoms with Crippen molar-refractivity contribution in [2.75, 3.05) is 19.0 Å². The van der Waals surface area contributed by atoms with E-state index in [1.807, 2.05) is 21.7 Å². The van der Waals surface area contributed by atoms with Gasteiger partial charge in [-0.05, 0) is 36.8 Å². The highest BCUT2D eigenvalue weighted by Crippen LogP contribution is 2.28. The fraction of sp³-hybridized carbons (Fsp3) is 0.238. The molecule has 1 N–H and O–H groups in total. The highest BCUT2D eigenvalue weighted by atomic mass is 35.5. The number of benzene rings is 2. The Morgan fingerprint density at radius 2 is 2.14 bits per heavy atom. The number of rotatable bonds is 8. The van der Waals surface area contributed by atoms with Gasteiger partial charge in [-0.15, -0.1) is 0 Å². The van der Waals surface area contributed by atoms with Crippen LogP contribution in [0.5, 0.6) is 5.75 Å². The number of anilines is 1. The van der Waals surface area contributed by atoms with Gasteiger partial charge in [-0.3, -0.25) is 0 Å². The molecule has 1 aromatic heterocycles. The summed E-state index contributed by atoms with van der Waals surface area (Å²) in [7, 11) is 1.57. The maximum Gasteiger partial charge on any atom is 0.173 e. The van der Waals surface area contributed by atoms with E-state index in [0.29, 0.717) is 40.2 Å². The van der Waals surface area contributed by atoms with E-state index in [-0.39, 0.29) is 5.82 Å². The van der Waals surface area contributed by atoms with Crippen LogP contribution in [0.15, 0.2) is 61.2 Å². The summed E-state index contributed by atoms with van der Waals surface area (Å²) >= 11 is 11.7. The van der Waals surface area contributed by atoms with Crippen LogP contribution in [0.25, 0.3) is 0 Å². The molecule has 29 heavy (non-hydrogen) atoms. The number of nitrogens with one attached hydrogen (secondary N) is 1. The first-order valence-electron chi connectivity index (χ1n) is 9.15. The van der Waals surface area contributed by atoms with E-state index in [2.05, 4.69) is 10.3 Å². The topological polar surface area (TPSA) is 42.3 Å². The zero-order chi connectivity index (χ0) is 20.6. The SMILES string of the molecule is COc1cc(Cl)ccc1NC(=S)N(CCCn1ccnc1)Cc1ccccc1F. The molecule has 0 amide bonds. The molecule has 8 heteroatoms. The van der Waals surface area contributed by atoms with Gasteiger partial charge in [0.25, 0.3) is 0 Å². The number of methoxy groups -OCH3 is 1. The molecule has 0 bridgehead atoms. The van der Waals surface area contributed by atoms with Crippen LogP contribution >= 0.6 is 23.8 Å². The molecule has 0 spiro atoms. The molecule has 0 aliphatic rings. The van der Waals surface area contributed by atoms with Gasteiger partial charge in [0.2, 0.25) is 0 Å². The third kappa shape index (κ3) is 5.92. The van der Waals surface area contributed by atoms with Crippen molar-refractivity contribution in [3.63, 3.8) is 0 Å². The molecule has 2 aromatic carbocycles. The van der Waals surface area contributed by atoms with Gasteiger partial charge in [-0.1, -0.05) is 29.8 Å². The largest absolute Gasteiger partial charge is 0.495 e. The zero-order valence-corrected chi connectivity index (χ0v) is 17.6. The number of aryl methyl sites for hydroxylation is 1. The van der Waals surface area contributed by atoms with Crippen LogP contribution in [-0.4, -0.2) is 33.2 Å². The van der Waals surface area contributed by atoms with Crippen molar-refractivity contribution < 1.29 is 9.13 Å². The summed E-state index contributed by atoms with van der Waals surface area (Å²) in [5.74, 6) is 0.336. The van der Waals surface area contributed by atoms with Crippen LogP contribution in [0.1, 0.15) is 12.0 Å². The minimum absolute atomic E-state index is 0.251. The van der Waals surface area contributed by atoms with Gasteiger partial charge in [0, 0.05) is 48.7 Å². The van der Waals surface area contributed by atoms with Crippen molar-refractivity contribution in [2.45, 2.75) is 19.5 Å². The molecule has 0 radical (unpaired) electrons. The number of ether oxygens (including phenoxy) is 1. The molecule has 1 heterocycles. The minimum atomic E-state index is -0.251. The molecule has 0 aliphatic heterocycles. The van der Waals surface area contributed by atoms with Gasteiger partial charge in [-0.25, -0.2) is 9.37 Å². The summed E-state index contributed by atoms with van der Waals surface area (Å²) in [5.41, 5.74) is 1.29. The highest BCUT2D eigenvalue weighted by Gasteiger charge is 2.15. The van der Waals surface area contributed by atoms with Crippen molar-refractivity contribution in [3.05, 3.63) is 77.6 Å². The number of nitrogens with zero attached hydrogens (tertiary/aromatic N) is 3. The number of hydrogen-bond donors (Lipinski definition) is 1. The molecule has 152 valence electrons. The molecule has 0 fully saturated rings. The summed E-state index contributed by atoms with van der Waals surface area (Å²) in [6.45, 7) is 1.80. The average Bonchev–Trinajstić information content (AvgIpc) is 3.23. The molecule has 0 aliphatic carbocycles. The second-order valence-corrected chi connectivity index (χ2v) is 7.26. The van der Waals surface area contributed by atoms with E-state index in [4.69, 9.17) is 28.6 Å². The molecule has 0 atom stereocenters. The number of halogens is 2. The van der Waals surface area contributed by atoms with Crippen LogP contribution in [0.2, 0.25) is 5.02 Å². The van der Waals surface area contributed by atoms with Crippen molar-refractivity contribution in [2.24, 2.45) is 0 Å². The van der Waals surface area contributed by atoms with Crippen LogP contribution in [0.3, 0.4) is 0 Å². The molecule has 3 rings (SSSR count). The fourth-order valence-electron chi connectivity index (χ4n) is 2.91. The van der Waals surface area contributed by atoms with Gasteiger partial charge in [0.1, 0.15) is 11.6 Å². The smallest absolute Gasteiger partial charge is 0.173 e. The summed E-state index contributed by atoms with van der Waals surface area (Å²) in [4.78, 5) is 6.00. The van der Waals surface area contributed by atoms with Gasteiger partial charge in [0.05, 0.1) is 19.1 Å². The Balaban J connectivity index is 1.73. The van der Waals surface area contributed by atoms with E-state index in [1.165, 1.54) is 6.07 Å². The quantitative estimate of drug-likeness (QED) is 0.509. The van der Waals surface area contributed by atoms with E-state index in [9.17, 15) is 4.39 Å². The molecule has 0 saturated heterocycles. The van der Waals surface area contributed by atoms with E-state index in [1.54, 1.807) is 50.0 Å². The Hall–Kier alpha value is -2.64. The molecule has 0 saturated carbocycles. The second kappa shape index (κ2) is 10.2. The standard InChI is InChI=1S/C21H22ClFN4OS/c1-28-20-13-17(22)7-8-19(20)25-21(29)27(11-4-10-26-12-9-24-15-26)14-16-5-2-3-6-18(16)23/h2-3,5-9,12-13,15H,4,10-11,14H2,1H3,(H,25,29). The van der Waals surface area contributed by atoms with Crippen LogP contribution in [-0.2, 0) is 13.1 Å². The predicted octanol–water partition coefficient (Wildman–Crippen LogP) is 4.97. The first-order chi connectivity index (χ1) is 14.1. The van der Waals surface area contributed by atoms with E-state index in [0.717, 1.165) is 13.0 Å². The summed E-state index contributed by atoms with van der Waals surface area (Å²) in [6.07, 6.45) is 6.26. The maximum atomic E-state index is 14.2. The summed E-state index contributed by atoms with van der Waals surface area (Å²) < 4.78 is 21.6. The third-order valence-electron chi connectivity index (χ3n) is 4.41. The average molecular weight is 433 g/mol. The Morgan fingerprint density at radius 3 is 2.86 bits per heavy atom. The molecule has 5 nitrogen and oxygen atoms in total. The van der Waals surface area contributed by atoms with Crippen LogP contribution < -0.4 is 10.1 Å². The van der Waals surface area contributed by atoms with Gasteiger partial charge in [-0.2, -0.15) is 0 Å². The highest BCUT2D eigenvalue weighted by molar-refractivity contribution is 7.80. The lowest BCUT2D eigenvalue weighted by Crippen LogP contribution is -2.35. The Bertz CT molecular complexity index is 952. The third-order valence-corrected chi connectivity index (χ3v) is 5.01. The van der Waals surface area contributed by atoms with Crippen LogP contribution in [0.4, 0.5) is 10.1 Å². The molecule has 0 unspecified atom stereocenters. The number of aromatic nitrogens is 2. The van der Waals surface area contributed by atoms with Crippen molar-refractivity contribution in [1.29, 1.82) is 0 Å². The van der Waals surface area contributed by atoms with Crippen molar-refractivity contribution in [1.82, 2.24) is 14.5 Å². The monoisotopic (exact) mass is 432 g/mol. The Morgan fingerprint density at radius 1 is 1.31 bits per heavy atom. The van der Waals surface area contributed by atoms with Crippen molar-refractivity contribution in [3.8, 4) is 5.75 Å². The number of imidazole rings is 1.